The minimum atomic E-state index is 0.0835. The molecule has 1 atom stereocenters. The van der Waals surface area contributed by atoms with E-state index in [2.05, 4.69) is 45.3 Å². The molecule has 0 rings (SSSR count). The summed E-state index contributed by atoms with van der Waals surface area (Å²) in [5.41, 5.74) is 0.159. The number of amides is 1. The minimum absolute atomic E-state index is 0.0835. The van der Waals surface area contributed by atoms with Crippen LogP contribution in [0, 0.1) is 5.41 Å². The van der Waals surface area contributed by atoms with Crippen molar-refractivity contribution >= 4 is 5.91 Å². The molecule has 0 fully saturated rings. The molecule has 0 aliphatic carbocycles. The lowest BCUT2D eigenvalue weighted by Gasteiger charge is -2.19. The maximum absolute atomic E-state index is 11.3. The van der Waals surface area contributed by atoms with Gasteiger partial charge in [0.1, 0.15) is 0 Å². The van der Waals surface area contributed by atoms with Crippen LogP contribution in [0.2, 0.25) is 0 Å². The summed E-state index contributed by atoms with van der Waals surface area (Å²) in [6, 6.07) is 0.412. The van der Waals surface area contributed by atoms with E-state index in [1.807, 2.05) is 0 Å². The molecule has 84 valence electrons. The van der Waals surface area contributed by atoms with Crippen molar-refractivity contribution in [3.05, 3.63) is 0 Å². The standard InChI is InChI=1S/C11H24N2O/c1-6-9(2)12-7-10(14)13-8-11(3,4)5/h9,12H,6-8H2,1-5H3,(H,13,14). The van der Waals surface area contributed by atoms with E-state index in [9.17, 15) is 4.79 Å². The molecule has 2 N–H and O–H groups in total. The Bertz CT molecular complexity index is 173. The third-order valence-electron chi connectivity index (χ3n) is 2.04. The fourth-order valence-corrected chi connectivity index (χ4v) is 0.838. The monoisotopic (exact) mass is 200 g/mol. The first kappa shape index (κ1) is 13.4. The van der Waals surface area contributed by atoms with Gasteiger partial charge in [-0.15, -0.1) is 0 Å². The Kier molecular flexibility index (Phi) is 5.77. The zero-order valence-corrected chi connectivity index (χ0v) is 10.1. The zero-order chi connectivity index (χ0) is 11.2. The van der Waals surface area contributed by atoms with Crippen LogP contribution in [0.1, 0.15) is 41.0 Å². The van der Waals surface area contributed by atoms with Gasteiger partial charge in [-0.2, -0.15) is 0 Å². The predicted molar refractivity (Wildman–Crippen MR) is 60.2 cm³/mol. The van der Waals surface area contributed by atoms with Gasteiger partial charge in [0.05, 0.1) is 6.54 Å². The van der Waals surface area contributed by atoms with Crippen molar-refractivity contribution < 1.29 is 4.79 Å². The lowest BCUT2D eigenvalue weighted by atomic mass is 9.97. The van der Waals surface area contributed by atoms with Gasteiger partial charge in [0.15, 0.2) is 0 Å². The Labute approximate surface area is 87.6 Å². The van der Waals surface area contributed by atoms with Crippen molar-refractivity contribution in [2.75, 3.05) is 13.1 Å². The average Bonchev–Trinajstić information content (AvgIpc) is 2.09. The maximum atomic E-state index is 11.3. The van der Waals surface area contributed by atoms with Crippen LogP contribution in [0.5, 0.6) is 0 Å². The highest BCUT2D eigenvalue weighted by Gasteiger charge is 2.11. The lowest BCUT2D eigenvalue weighted by molar-refractivity contribution is -0.120. The Hall–Kier alpha value is -0.570. The molecular formula is C11H24N2O. The second-order valence-corrected chi connectivity index (χ2v) is 5.03. The van der Waals surface area contributed by atoms with E-state index >= 15 is 0 Å². The van der Waals surface area contributed by atoms with Gasteiger partial charge in [0.2, 0.25) is 5.91 Å². The minimum Gasteiger partial charge on any atom is -0.354 e. The summed E-state index contributed by atoms with van der Waals surface area (Å²) >= 11 is 0. The van der Waals surface area contributed by atoms with Crippen molar-refractivity contribution in [1.29, 1.82) is 0 Å². The topological polar surface area (TPSA) is 41.1 Å². The second kappa shape index (κ2) is 6.02. The third kappa shape index (κ3) is 8.05. The SMILES string of the molecule is CCC(C)NCC(=O)NCC(C)(C)C. The van der Waals surface area contributed by atoms with Gasteiger partial charge < -0.3 is 10.6 Å². The fraction of sp³-hybridized carbons (Fsp3) is 0.909. The summed E-state index contributed by atoms with van der Waals surface area (Å²) < 4.78 is 0. The molecule has 0 aliphatic heterocycles. The number of hydrogen-bond acceptors (Lipinski definition) is 2. The quantitative estimate of drug-likeness (QED) is 0.707. The van der Waals surface area contributed by atoms with Crippen LogP contribution in [-0.2, 0) is 4.79 Å². The van der Waals surface area contributed by atoms with E-state index < -0.39 is 0 Å². The Balaban J connectivity index is 3.57. The van der Waals surface area contributed by atoms with Crippen molar-refractivity contribution in [3.63, 3.8) is 0 Å². The first-order valence-electron chi connectivity index (χ1n) is 5.35. The molecular weight excluding hydrogens is 176 g/mol. The molecule has 0 aromatic carbocycles. The Morgan fingerprint density at radius 3 is 2.36 bits per heavy atom. The van der Waals surface area contributed by atoms with Crippen LogP contribution in [0.4, 0.5) is 0 Å². The van der Waals surface area contributed by atoms with E-state index in [-0.39, 0.29) is 11.3 Å². The molecule has 0 heterocycles. The van der Waals surface area contributed by atoms with Crippen LogP contribution in [0.3, 0.4) is 0 Å². The van der Waals surface area contributed by atoms with Crippen LogP contribution in [-0.4, -0.2) is 25.0 Å². The van der Waals surface area contributed by atoms with Gasteiger partial charge in [-0.3, -0.25) is 4.79 Å². The molecule has 14 heavy (non-hydrogen) atoms. The molecule has 0 saturated heterocycles. The van der Waals surface area contributed by atoms with Crippen LogP contribution >= 0.6 is 0 Å². The van der Waals surface area contributed by atoms with Gasteiger partial charge >= 0.3 is 0 Å². The summed E-state index contributed by atoms with van der Waals surface area (Å²) in [6.45, 7) is 11.7. The Morgan fingerprint density at radius 1 is 1.36 bits per heavy atom. The molecule has 1 amide bonds. The third-order valence-corrected chi connectivity index (χ3v) is 2.04. The highest BCUT2D eigenvalue weighted by Crippen LogP contribution is 2.09. The molecule has 0 aromatic rings. The van der Waals surface area contributed by atoms with Crippen molar-refractivity contribution in [3.8, 4) is 0 Å². The highest BCUT2D eigenvalue weighted by atomic mass is 16.1. The van der Waals surface area contributed by atoms with Gasteiger partial charge in [0, 0.05) is 12.6 Å². The smallest absolute Gasteiger partial charge is 0.233 e. The van der Waals surface area contributed by atoms with E-state index in [1.54, 1.807) is 0 Å². The zero-order valence-electron chi connectivity index (χ0n) is 10.1. The summed E-state index contributed by atoms with van der Waals surface area (Å²) in [5, 5.41) is 6.06. The highest BCUT2D eigenvalue weighted by molar-refractivity contribution is 5.78. The molecule has 1 unspecified atom stereocenters. The summed E-state index contributed by atoms with van der Waals surface area (Å²) in [6.07, 6.45) is 1.05. The predicted octanol–water partition coefficient (Wildman–Crippen LogP) is 1.54. The Morgan fingerprint density at radius 2 is 1.93 bits per heavy atom. The first-order valence-corrected chi connectivity index (χ1v) is 5.35. The van der Waals surface area contributed by atoms with Gasteiger partial charge in [0.25, 0.3) is 0 Å². The number of rotatable bonds is 5. The van der Waals surface area contributed by atoms with Crippen molar-refractivity contribution in [2.24, 2.45) is 5.41 Å². The van der Waals surface area contributed by atoms with Crippen molar-refractivity contribution in [1.82, 2.24) is 10.6 Å². The fourth-order valence-electron chi connectivity index (χ4n) is 0.838. The van der Waals surface area contributed by atoms with Crippen LogP contribution in [0.15, 0.2) is 0 Å². The lowest BCUT2D eigenvalue weighted by Crippen LogP contribution is -2.40. The molecule has 3 nitrogen and oxygen atoms in total. The van der Waals surface area contributed by atoms with E-state index in [0.717, 1.165) is 13.0 Å². The number of nitrogens with one attached hydrogen (secondary N) is 2. The number of carbonyl (C=O) groups is 1. The molecule has 0 radical (unpaired) electrons. The molecule has 0 aromatic heterocycles. The van der Waals surface area contributed by atoms with Crippen LogP contribution in [0.25, 0.3) is 0 Å². The van der Waals surface area contributed by atoms with Gasteiger partial charge in [-0.05, 0) is 18.8 Å². The largest absolute Gasteiger partial charge is 0.354 e. The van der Waals surface area contributed by atoms with E-state index in [0.29, 0.717) is 12.6 Å². The number of carbonyl (C=O) groups excluding carboxylic acids is 1. The number of hydrogen-bond donors (Lipinski definition) is 2. The van der Waals surface area contributed by atoms with Gasteiger partial charge in [-0.1, -0.05) is 27.7 Å². The average molecular weight is 200 g/mol. The molecule has 0 aliphatic rings. The molecule has 0 saturated carbocycles. The van der Waals surface area contributed by atoms with Crippen LogP contribution < -0.4 is 10.6 Å². The van der Waals surface area contributed by atoms with Gasteiger partial charge in [-0.25, -0.2) is 0 Å². The normalized spacial score (nSPS) is 13.8. The van der Waals surface area contributed by atoms with E-state index in [4.69, 9.17) is 0 Å². The maximum Gasteiger partial charge on any atom is 0.233 e. The van der Waals surface area contributed by atoms with Crippen molar-refractivity contribution in [2.45, 2.75) is 47.1 Å². The van der Waals surface area contributed by atoms with E-state index in [1.165, 1.54) is 0 Å². The first-order chi connectivity index (χ1) is 6.35. The molecule has 0 bridgehead atoms. The molecule has 3 heteroatoms. The summed E-state index contributed by atoms with van der Waals surface area (Å²) in [7, 11) is 0. The second-order valence-electron chi connectivity index (χ2n) is 5.03. The summed E-state index contributed by atoms with van der Waals surface area (Å²) in [4.78, 5) is 11.3. The summed E-state index contributed by atoms with van der Waals surface area (Å²) in [5.74, 6) is 0.0835. The molecule has 0 spiro atoms.